The number of rotatable bonds is 3. The maximum atomic E-state index is 11.4. The van der Waals surface area contributed by atoms with E-state index in [4.69, 9.17) is 11.6 Å². The Morgan fingerprint density at radius 2 is 2.31 bits per heavy atom. The Kier molecular flexibility index (Phi) is 2.95. The van der Waals surface area contributed by atoms with Crippen LogP contribution in [0.1, 0.15) is 11.7 Å². The third kappa shape index (κ3) is 1.82. The molecule has 2 unspecified atom stereocenters. The summed E-state index contributed by atoms with van der Waals surface area (Å²) in [5, 5.41) is 22.9. The van der Waals surface area contributed by atoms with Crippen LogP contribution in [-0.4, -0.2) is 36.8 Å². The lowest BCUT2D eigenvalue weighted by atomic mass is 10.1. The Labute approximate surface area is 95.1 Å². The molecule has 2 rings (SSSR count). The first-order valence-corrected chi connectivity index (χ1v) is 5.15. The van der Waals surface area contributed by atoms with Crippen LogP contribution in [0.4, 0.5) is 0 Å². The van der Waals surface area contributed by atoms with Gasteiger partial charge in [0.25, 0.3) is 5.56 Å². The van der Waals surface area contributed by atoms with E-state index < -0.39 is 12.2 Å². The second kappa shape index (κ2) is 4.25. The number of hydrogen-bond acceptors (Lipinski definition) is 4. The Morgan fingerprint density at radius 1 is 1.56 bits per heavy atom. The molecule has 0 aliphatic heterocycles. The van der Waals surface area contributed by atoms with Gasteiger partial charge >= 0.3 is 0 Å². The van der Waals surface area contributed by atoms with Gasteiger partial charge in [0.1, 0.15) is 17.9 Å². The number of nitrogens with one attached hydrogen (secondary N) is 1. The predicted molar refractivity (Wildman–Crippen MR) is 57.5 cm³/mol. The van der Waals surface area contributed by atoms with Crippen molar-refractivity contribution in [3.8, 4) is 0 Å². The standard InChI is InChI=1S/C9H10ClN3O3/c10-2-7(14)8(15)5-1-6-9(16)11-4-12-13(6)3-5/h1,3-4,7-8,14-15H,2H2,(H,11,12,16). The maximum Gasteiger partial charge on any atom is 0.275 e. The number of aliphatic hydroxyl groups excluding tert-OH is 2. The molecule has 0 saturated heterocycles. The molecule has 86 valence electrons. The van der Waals surface area contributed by atoms with Crippen LogP contribution in [0.2, 0.25) is 0 Å². The van der Waals surface area contributed by atoms with Crippen LogP contribution >= 0.6 is 11.6 Å². The molecule has 0 aromatic carbocycles. The largest absolute Gasteiger partial charge is 0.389 e. The monoisotopic (exact) mass is 243 g/mol. The third-order valence-corrected chi connectivity index (χ3v) is 2.61. The topological polar surface area (TPSA) is 90.6 Å². The van der Waals surface area contributed by atoms with Crippen LogP contribution in [-0.2, 0) is 0 Å². The molecule has 0 saturated carbocycles. The molecule has 0 amide bonds. The summed E-state index contributed by atoms with van der Waals surface area (Å²) in [6, 6.07) is 1.46. The van der Waals surface area contributed by atoms with Crippen LogP contribution in [0.15, 0.2) is 23.4 Å². The number of H-pyrrole nitrogens is 1. The van der Waals surface area contributed by atoms with Gasteiger partial charge in [0, 0.05) is 11.8 Å². The van der Waals surface area contributed by atoms with Crippen molar-refractivity contribution >= 4 is 17.1 Å². The van der Waals surface area contributed by atoms with E-state index in [0.29, 0.717) is 11.1 Å². The molecule has 0 spiro atoms. The second-order valence-corrected chi connectivity index (χ2v) is 3.70. The van der Waals surface area contributed by atoms with E-state index in [1.165, 1.54) is 23.1 Å². The first-order valence-electron chi connectivity index (χ1n) is 4.61. The molecule has 0 bridgehead atoms. The Hall–Kier alpha value is -1.37. The highest BCUT2D eigenvalue weighted by atomic mass is 35.5. The Bertz CT molecular complexity index is 550. The molecular weight excluding hydrogens is 234 g/mol. The van der Waals surface area contributed by atoms with Gasteiger partial charge in [-0.3, -0.25) is 4.79 Å². The smallest absolute Gasteiger partial charge is 0.275 e. The fourth-order valence-electron chi connectivity index (χ4n) is 1.43. The first kappa shape index (κ1) is 11.1. The van der Waals surface area contributed by atoms with Crippen LogP contribution in [0.3, 0.4) is 0 Å². The molecule has 16 heavy (non-hydrogen) atoms. The number of hydrogen-bond donors (Lipinski definition) is 3. The van der Waals surface area contributed by atoms with Crippen molar-refractivity contribution < 1.29 is 10.2 Å². The summed E-state index contributed by atoms with van der Waals surface area (Å²) in [7, 11) is 0. The van der Waals surface area contributed by atoms with E-state index in [0.717, 1.165) is 0 Å². The van der Waals surface area contributed by atoms with Crippen molar-refractivity contribution in [2.24, 2.45) is 0 Å². The van der Waals surface area contributed by atoms with Crippen molar-refractivity contribution in [1.82, 2.24) is 14.6 Å². The zero-order valence-electron chi connectivity index (χ0n) is 8.17. The molecule has 2 aromatic rings. The highest BCUT2D eigenvalue weighted by Gasteiger charge is 2.19. The zero-order valence-corrected chi connectivity index (χ0v) is 8.92. The summed E-state index contributed by atoms with van der Waals surface area (Å²) >= 11 is 5.43. The summed E-state index contributed by atoms with van der Waals surface area (Å²) in [5.41, 5.74) is 0.393. The van der Waals surface area contributed by atoms with Crippen molar-refractivity contribution in [1.29, 1.82) is 0 Å². The average Bonchev–Trinajstić information content (AvgIpc) is 2.72. The van der Waals surface area contributed by atoms with E-state index in [2.05, 4.69) is 10.1 Å². The summed E-state index contributed by atoms with van der Waals surface area (Å²) in [6.45, 7) is 0. The highest BCUT2D eigenvalue weighted by molar-refractivity contribution is 6.18. The minimum atomic E-state index is -1.13. The lowest BCUT2D eigenvalue weighted by Gasteiger charge is -2.12. The van der Waals surface area contributed by atoms with Gasteiger partial charge in [-0.05, 0) is 6.07 Å². The van der Waals surface area contributed by atoms with Gasteiger partial charge in [0.05, 0.1) is 12.0 Å². The predicted octanol–water partition coefficient (Wildman–Crippen LogP) is -0.344. The highest BCUT2D eigenvalue weighted by Crippen LogP contribution is 2.19. The number of aromatic nitrogens is 3. The molecule has 2 heterocycles. The lowest BCUT2D eigenvalue weighted by molar-refractivity contribution is 0.0327. The number of nitrogens with zero attached hydrogens (tertiary/aromatic N) is 2. The molecule has 2 aromatic heterocycles. The fourth-order valence-corrected chi connectivity index (χ4v) is 1.60. The van der Waals surface area contributed by atoms with Gasteiger partial charge in [-0.15, -0.1) is 11.6 Å². The van der Waals surface area contributed by atoms with Crippen molar-refractivity contribution in [3.63, 3.8) is 0 Å². The summed E-state index contributed by atoms with van der Waals surface area (Å²) in [6.07, 6.45) is 0.533. The normalized spacial score (nSPS) is 15.2. The van der Waals surface area contributed by atoms with Crippen molar-refractivity contribution in [3.05, 3.63) is 34.5 Å². The fraction of sp³-hybridized carbons (Fsp3) is 0.333. The van der Waals surface area contributed by atoms with Gasteiger partial charge < -0.3 is 15.2 Å². The van der Waals surface area contributed by atoms with E-state index in [1.54, 1.807) is 0 Å². The maximum absolute atomic E-state index is 11.4. The van der Waals surface area contributed by atoms with Gasteiger partial charge in [0.15, 0.2) is 0 Å². The Balaban J connectivity index is 2.47. The van der Waals surface area contributed by atoms with Gasteiger partial charge in [-0.1, -0.05) is 0 Å². The van der Waals surface area contributed by atoms with E-state index >= 15 is 0 Å². The third-order valence-electron chi connectivity index (χ3n) is 2.30. The minimum Gasteiger partial charge on any atom is -0.389 e. The zero-order chi connectivity index (χ0) is 11.7. The molecule has 7 heteroatoms. The van der Waals surface area contributed by atoms with Crippen LogP contribution in [0.5, 0.6) is 0 Å². The molecule has 3 N–H and O–H groups in total. The number of alkyl halides is 1. The van der Waals surface area contributed by atoms with E-state index in [-0.39, 0.29) is 11.4 Å². The first-order chi connectivity index (χ1) is 7.63. The number of halogens is 1. The van der Waals surface area contributed by atoms with Crippen molar-refractivity contribution in [2.75, 3.05) is 5.88 Å². The number of aliphatic hydroxyl groups is 2. The SMILES string of the molecule is O=c1[nH]cnn2cc(C(O)C(O)CCl)cc12. The van der Waals surface area contributed by atoms with Crippen molar-refractivity contribution in [2.45, 2.75) is 12.2 Å². The van der Waals surface area contributed by atoms with Crippen LogP contribution < -0.4 is 5.56 Å². The van der Waals surface area contributed by atoms with Gasteiger partial charge in [-0.25, -0.2) is 4.52 Å². The second-order valence-electron chi connectivity index (χ2n) is 3.39. The molecule has 0 radical (unpaired) electrons. The molecule has 0 aliphatic rings. The van der Waals surface area contributed by atoms with Gasteiger partial charge in [-0.2, -0.15) is 5.10 Å². The van der Waals surface area contributed by atoms with Gasteiger partial charge in [0.2, 0.25) is 0 Å². The summed E-state index contributed by atoms with van der Waals surface area (Å²) < 4.78 is 1.33. The van der Waals surface area contributed by atoms with E-state index in [1.807, 2.05) is 0 Å². The summed E-state index contributed by atoms with van der Waals surface area (Å²) in [4.78, 5) is 13.8. The minimum absolute atomic E-state index is 0.0862. The molecular formula is C9H10ClN3O3. The van der Waals surface area contributed by atoms with Crippen LogP contribution in [0.25, 0.3) is 5.52 Å². The molecule has 0 aliphatic carbocycles. The average molecular weight is 244 g/mol. The number of fused-ring (bicyclic) bond motifs is 1. The van der Waals surface area contributed by atoms with E-state index in [9.17, 15) is 15.0 Å². The molecule has 2 atom stereocenters. The molecule has 0 fully saturated rings. The summed E-state index contributed by atoms with van der Waals surface area (Å²) in [5.74, 6) is -0.0862. The van der Waals surface area contributed by atoms with Crippen LogP contribution in [0, 0.1) is 0 Å². The quantitative estimate of drug-likeness (QED) is 0.643. The molecule has 6 nitrogen and oxygen atoms in total. The lowest BCUT2D eigenvalue weighted by Crippen LogP contribution is -2.19. The Morgan fingerprint density at radius 3 is 2.94 bits per heavy atom. The number of aromatic amines is 1.